The van der Waals surface area contributed by atoms with Crippen molar-refractivity contribution < 1.29 is 58.5 Å². The number of aliphatic carboxylic acids is 2. The molecule has 2 aromatic carbocycles. The summed E-state index contributed by atoms with van der Waals surface area (Å²) in [6.45, 7) is 6.90. The summed E-state index contributed by atoms with van der Waals surface area (Å²) in [6, 6.07) is 4.64. The summed E-state index contributed by atoms with van der Waals surface area (Å²) in [4.78, 5) is 118. The van der Waals surface area contributed by atoms with Gasteiger partial charge in [-0.3, -0.25) is 38.4 Å². The minimum absolute atomic E-state index is 0.00580. The molecule has 0 unspecified atom stereocenters. The average molecular weight is 912 g/mol. The number of hydrogen-bond acceptors (Lipinski definition) is 12. The Kier molecular flexibility index (Phi) is 23.1. The predicted octanol–water partition coefficient (Wildman–Crippen LogP) is -0.931. The number of benzene rings is 2. The van der Waals surface area contributed by atoms with Crippen molar-refractivity contribution >= 4 is 53.3 Å². The number of carbonyl (C=O) groups excluding carboxylic acids is 7. The van der Waals surface area contributed by atoms with Gasteiger partial charge in [0.05, 0.1) is 12.5 Å². The van der Waals surface area contributed by atoms with Crippen molar-refractivity contribution in [3.05, 3.63) is 65.7 Å². The van der Waals surface area contributed by atoms with E-state index in [0.29, 0.717) is 18.4 Å². The SMILES string of the molecule is CC(C)C[C@H](NC(=O)[C@H](CCC(N)=O)NC(=O)[C@H](Cc1ccc(O)cc1)NC(=O)[C@H](CCCCN)NC(=O)[C@@H](NC(=O)[C@H](CC(=O)O)NC(=O)[C@@H](N)Cc1ccccc1)C(C)C)C(=O)O. The van der Waals surface area contributed by atoms with Gasteiger partial charge in [-0.2, -0.15) is 0 Å². The van der Waals surface area contributed by atoms with E-state index in [0.717, 1.165) is 5.56 Å². The Hall–Kier alpha value is -6.61. The van der Waals surface area contributed by atoms with Crippen LogP contribution in [0.2, 0.25) is 0 Å². The Morgan fingerprint density at radius 3 is 1.63 bits per heavy atom. The summed E-state index contributed by atoms with van der Waals surface area (Å²) >= 11 is 0. The number of amides is 7. The van der Waals surface area contributed by atoms with Crippen molar-refractivity contribution in [3.63, 3.8) is 0 Å². The Balaban J connectivity index is 2.41. The molecule has 0 aromatic heterocycles. The number of phenols is 1. The molecule has 0 radical (unpaired) electrons. The fraction of sp³-hybridized carbons (Fsp3) is 0.523. The number of aromatic hydroxyl groups is 1. The fourth-order valence-electron chi connectivity index (χ4n) is 6.58. The number of carboxylic acid groups (broad SMARTS) is 2. The zero-order valence-corrected chi connectivity index (χ0v) is 37.2. The molecule has 0 aliphatic rings. The molecule has 7 amide bonds. The highest BCUT2D eigenvalue weighted by Crippen LogP contribution is 2.14. The number of primary amides is 1. The van der Waals surface area contributed by atoms with Gasteiger partial charge in [-0.05, 0) is 80.2 Å². The number of hydrogen-bond donors (Lipinski definition) is 12. The lowest BCUT2D eigenvalue weighted by molar-refractivity contribution is -0.143. The second-order valence-corrected chi connectivity index (χ2v) is 16.6. The molecule has 15 N–H and O–H groups in total. The smallest absolute Gasteiger partial charge is 0.326 e. The van der Waals surface area contributed by atoms with Crippen LogP contribution in [0.5, 0.6) is 5.75 Å². The third-order valence-corrected chi connectivity index (χ3v) is 10.1. The quantitative estimate of drug-likeness (QED) is 0.0439. The standard InChI is InChI=1S/C44H65N9O12/c1-24(2)20-34(44(64)65)52-40(60)31(17-18-35(47)55)48-41(61)32(22-27-13-15-28(54)16-14-27)51-39(59)30(12-8-9-19-45)49-43(63)37(25(3)4)53-42(62)33(23-36(56)57)50-38(58)29(46)21-26-10-6-5-7-11-26/h5-7,10-11,13-16,24-25,29-34,37,54H,8-9,12,17-23,45-46H2,1-4H3,(H2,47,55)(H,48,61)(H,49,63)(H,50,58)(H,51,59)(H,52,60)(H,53,62)(H,56,57)(H,64,65)/t29-,30-,31-,32-,33-,34-,37-/m0/s1. The molecular weight excluding hydrogens is 847 g/mol. The van der Waals surface area contributed by atoms with Gasteiger partial charge in [-0.25, -0.2) is 4.79 Å². The van der Waals surface area contributed by atoms with Crippen LogP contribution in [-0.4, -0.2) is 117 Å². The lowest BCUT2D eigenvalue weighted by Crippen LogP contribution is -2.61. The van der Waals surface area contributed by atoms with Crippen LogP contribution >= 0.6 is 0 Å². The van der Waals surface area contributed by atoms with E-state index in [4.69, 9.17) is 17.2 Å². The van der Waals surface area contributed by atoms with E-state index in [1.165, 1.54) is 24.3 Å². The molecule has 0 spiro atoms. The summed E-state index contributed by atoms with van der Waals surface area (Å²) < 4.78 is 0. The molecule has 7 atom stereocenters. The molecule has 21 nitrogen and oxygen atoms in total. The largest absolute Gasteiger partial charge is 0.508 e. The zero-order valence-electron chi connectivity index (χ0n) is 37.2. The van der Waals surface area contributed by atoms with E-state index in [2.05, 4.69) is 31.9 Å². The van der Waals surface area contributed by atoms with Crippen molar-refractivity contribution in [1.29, 1.82) is 0 Å². The molecule has 65 heavy (non-hydrogen) atoms. The summed E-state index contributed by atoms with van der Waals surface area (Å²) in [5.74, 6) is -9.82. The highest BCUT2D eigenvalue weighted by molar-refractivity contribution is 5.98. The number of carboxylic acids is 2. The molecule has 0 saturated carbocycles. The van der Waals surface area contributed by atoms with Gasteiger partial charge < -0.3 is 64.4 Å². The van der Waals surface area contributed by atoms with Crippen molar-refractivity contribution in [2.75, 3.05) is 6.54 Å². The van der Waals surface area contributed by atoms with Gasteiger partial charge in [0, 0.05) is 12.8 Å². The number of unbranched alkanes of at least 4 members (excludes halogenated alkanes) is 1. The number of rotatable bonds is 29. The molecule has 2 aromatic rings. The highest BCUT2D eigenvalue weighted by Gasteiger charge is 2.35. The van der Waals surface area contributed by atoms with Gasteiger partial charge in [0.15, 0.2) is 0 Å². The van der Waals surface area contributed by atoms with Crippen LogP contribution in [0.4, 0.5) is 0 Å². The Morgan fingerprint density at radius 2 is 1.09 bits per heavy atom. The van der Waals surface area contributed by atoms with Crippen molar-refractivity contribution in [3.8, 4) is 5.75 Å². The molecule has 0 fully saturated rings. The Labute approximate surface area is 377 Å². The number of nitrogens with two attached hydrogens (primary N) is 3. The van der Waals surface area contributed by atoms with E-state index < -0.39 is 108 Å². The second kappa shape index (κ2) is 27.5. The minimum atomic E-state index is -1.64. The molecule has 358 valence electrons. The first-order valence-electron chi connectivity index (χ1n) is 21.4. The number of carbonyl (C=O) groups is 9. The van der Waals surface area contributed by atoms with Crippen LogP contribution in [0.1, 0.15) is 83.8 Å². The minimum Gasteiger partial charge on any atom is -0.508 e. The van der Waals surface area contributed by atoms with Crippen LogP contribution < -0.4 is 49.1 Å². The Bertz CT molecular complexity index is 1930. The summed E-state index contributed by atoms with van der Waals surface area (Å²) in [5.41, 5.74) is 18.3. The number of phenolic OH excluding ortho intramolecular Hbond substituents is 1. The third-order valence-electron chi connectivity index (χ3n) is 10.1. The van der Waals surface area contributed by atoms with Crippen molar-refractivity contribution in [2.45, 2.75) is 128 Å². The van der Waals surface area contributed by atoms with Crippen LogP contribution in [-0.2, 0) is 56.0 Å². The highest BCUT2D eigenvalue weighted by atomic mass is 16.4. The normalized spacial score (nSPS) is 14.3. The lowest BCUT2D eigenvalue weighted by Gasteiger charge is -2.29. The summed E-state index contributed by atoms with van der Waals surface area (Å²) in [5, 5.41) is 44.2. The molecule has 0 saturated heterocycles. The molecule has 0 aliphatic carbocycles. The summed E-state index contributed by atoms with van der Waals surface area (Å²) in [7, 11) is 0. The third kappa shape index (κ3) is 20.2. The van der Waals surface area contributed by atoms with Crippen LogP contribution in [0.25, 0.3) is 0 Å². The van der Waals surface area contributed by atoms with Crippen LogP contribution in [0, 0.1) is 11.8 Å². The fourth-order valence-corrected chi connectivity index (χ4v) is 6.58. The van der Waals surface area contributed by atoms with E-state index in [9.17, 15) is 58.5 Å². The van der Waals surface area contributed by atoms with E-state index in [-0.39, 0.29) is 56.7 Å². The number of nitrogens with one attached hydrogen (secondary N) is 6. The Morgan fingerprint density at radius 1 is 0.585 bits per heavy atom. The van der Waals surface area contributed by atoms with Gasteiger partial charge in [-0.1, -0.05) is 70.2 Å². The first kappa shape index (κ1) is 54.5. The van der Waals surface area contributed by atoms with E-state index in [1.54, 1.807) is 58.0 Å². The molecular formula is C44H65N9O12. The lowest BCUT2D eigenvalue weighted by atomic mass is 10.00. The first-order valence-corrected chi connectivity index (χ1v) is 21.4. The monoisotopic (exact) mass is 911 g/mol. The summed E-state index contributed by atoms with van der Waals surface area (Å²) in [6.07, 6.45) is -0.876. The first-order chi connectivity index (χ1) is 30.6. The zero-order chi connectivity index (χ0) is 48.8. The van der Waals surface area contributed by atoms with Crippen molar-refractivity contribution in [1.82, 2.24) is 31.9 Å². The molecule has 0 bridgehead atoms. The van der Waals surface area contributed by atoms with Gasteiger partial charge in [0.25, 0.3) is 0 Å². The van der Waals surface area contributed by atoms with Gasteiger partial charge in [0.2, 0.25) is 41.4 Å². The predicted molar refractivity (Wildman–Crippen MR) is 237 cm³/mol. The second-order valence-electron chi connectivity index (χ2n) is 16.6. The van der Waals surface area contributed by atoms with Crippen LogP contribution in [0.15, 0.2) is 54.6 Å². The van der Waals surface area contributed by atoms with Crippen molar-refractivity contribution in [2.24, 2.45) is 29.0 Å². The van der Waals surface area contributed by atoms with Gasteiger partial charge >= 0.3 is 11.9 Å². The maximum atomic E-state index is 14.2. The molecule has 2 rings (SSSR count). The average Bonchev–Trinajstić information content (AvgIpc) is 3.23. The van der Waals surface area contributed by atoms with Gasteiger partial charge in [-0.15, -0.1) is 0 Å². The van der Waals surface area contributed by atoms with E-state index in [1.807, 2.05) is 0 Å². The topological polar surface area (TPSA) is 365 Å². The van der Waals surface area contributed by atoms with Gasteiger partial charge in [0.1, 0.15) is 42.0 Å². The van der Waals surface area contributed by atoms with Crippen LogP contribution in [0.3, 0.4) is 0 Å². The molecule has 21 heteroatoms. The maximum Gasteiger partial charge on any atom is 0.326 e. The molecule has 0 heterocycles. The molecule has 0 aliphatic heterocycles. The maximum absolute atomic E-state index is 14.2. The van der Waals surface area contributed by atoms with E-state index >= 15 is 0 Å².